The third-order valence-corrected chi connectivity index (χ3v) is 6.97. The first-order valence-corrected chi connectivity index (χ1v) is 10.1. The van der Waals surface area contributed by atoms with Gasteiger partial charge in [-0.15, -0.1) is 0 Å². The molecule has 0 amide bonds. The molecule has 0 saturated carbocycles. The van der Waals surface area contributed by atoms with Crippen LogP contribution in [0.15, 0.2) is 59.5 Å². The highest BCUT2D eigenvalue weighted by Crippen LogP contribution is 2.32. The van der Waals surface area contributed by atoms with Crippen LogP contribution in [-0.4, -0.2) is 37.6 Å². The van der Waals surface area contributed by atoms with Crippen LogP contribution in [-0.2, 0) is 10.0 Å². The molecule has 1 atom stereocenters. The van der Waals surface area contributed by atoms with E-state index in [-0.39, 0.29) is 27.7 Å². The molecule has 1 aliphatic heterocycles. The summed E-state index contributed by atoms with van der Waals surface area (Å²) in [5.74, 6) is -0.294. The molecular formula is C20H24N2O3S. The first kappa shape index (κ1) is 18.8. The van der Waals surface area contributed by atoms with E-state index in [4.69, 9.17) is 5.73 Å². The summed E-state index contributed by atoms with van der Waals surface area (Å²) >= 11 is 0. The van der Waals surface area contributed by atoms with E-state index in [2.05, 4.69) is 0 Å². The molecule has 1 saturated heterocycles. The molecule has 0 bridgehead atoms. The van der Waals surface area contributed by atoms with Crippen molar-refractivity contribution in [3.05, 3.63) is 65.7 Å². The summed E-state index contributed by atoms with van der Waals surface area (Å²) in [4.78, 5) is 12.9. The molecule has 1 heterocycles. The molecule has 3 rings (SSSR count). The number of hydrogen-bond acceptors (Lipinski definition) is 4. The Labute approximate surface area is 154 Å². The van der Waals surface area contributed by atoms with Crippen molar-refractivity contribution in [3.63, 3.8) is 0 Å². The second-order valence-corrected chi connectivity index (χ2v) is 9.32. The van der Waals surface area contributed by atoms with Crippen molar-refractivity contribution in [2.75, 3.05) is 13.1 Å². The van der Waals surface area contributed by atoms with Crippen LogP contribution in [0.1, 0.15) is 36.2 Å². The summed E-state index contributed by atoms with van der Waals surface area (Å²) in [7, 11) is -3.78. The lowest BCUT2D eigenvalue weighted by Gasteiger charge is -2.41. The summed E-state index contributed by atoms with van der Waals surface area (Å²) in [6.45, 7) is 4.64. The molecule has 0 spiro atoms. The van der Waals surface area contributed by atoms with Crippen molar-refractivity contribution in [2.45, 2.75) is 31.2 Å². The molecule has 6 heteroatoms. The van der Waals surface area contributed by atoms with E-state index < -0.39 is 10.0 Å². The van der Waals surface area contributed by atoms with Crippen molar-refractivity contribution in [3.8, 4) is 0 Å². The first-order valence-electron chi connectivity index (χ1n) is 8.68. The molecule has 0 radical (unpaired) electrons. The summed E-state index contributed by atoms with van der Waals surface area (Å²) in [5, 5.41) is 0. The van der Waals surface area contributed by atoms with Gasteiger partial charge in [-0.05, 0) is 24.0 Å². The Kier molecular flexibility index (Phi) is 5.01. The van der Waals surface area contributed by atoms with Crippen LogP contribution in [0.2, 0.25) is 0 Å². The van der Waals surface area contributed by atoms with Gasteiger partial charge in [0, 0.05) is 30.3 Å². The topological polar surface area (TPSA) is 80.5 Å². The predicted octanol–water partition coefficient (Wildman–Crippen LogP) is 2.67. The SMILES string of the molecule is CC1(C)CN(S(=O)(=O)c2ccccc2C(=O)c2ccccc2)CCC1N. The average Bonchev–Trinajstić information content (AvgIpc) is 2.64. The zero-order chi connectivity index (χ0) is 18.9. The maximum atomic E-state index is 13.3. The van der Waals surface area contributed by atoms with Crippen LogP contribution in [0.4, 0.5) is 0 Å². The maximum Gasteiger partial charge on any atom is 0.243 e. The van der Waals surface area contributed by atoms with Crippen LogP contribution in [0.3, 0.4) is 0 Å². The number of piperidine rings is 1. The molecule has 1 aliphatic rings. The second kappa shape index (κ2) is 6.95. The lowest BCUT2D eigenvalue weighted by atomic mass is 9.81. The van der Waals surface area contributed by atoms with Gasteiger partial charge in [-0.1, -0.05) is 56.3 Å². The van der Waals surface area contributed by atoms with E-state index in [0.717, 1.165) is 0 Å². The Morgan fingerprint density at radius 3 is 2.35 bits per heavy atom. The number of sulfonamides is 1. The van der Waals surface area contributed by atoms with E-state index in [1.54, 1.807) is 42.5 Å². The Morgan fingerprint density at radius 1 is 1.08 bits per heavy atom. The molecule has 0 aromatic heterocycles. The number of carbonyl (C=O) groups excluding carboxylic acids is 1. The fourth-order valence-electron chi connectivity index (χ4n) is 3.29. The highest BCUT2D eigenvalue weighted by molar-refractivity contribution is 7.89. The maximum absolute atomic E-state index is 13.3. The van der Waals surface area contributed by atoms with Gasteiger partial charge in [0.15, 0.2) is 5.78 Å². The minimum absolute atomic E-state index is 0.0462. The molecular weight excluding hydrogens is 348 g/mol. The standard InChI is InChI=1S/C20H24N2O3S/c1-20(2)14-22(13-12-18(20)21)26(24,25)17-11-7-6-10-16(17)19(23)15-8-4-3-5-9-15/h3-11,18H,12-14,21H2,1-2H3. The zero-order valence-corrected chi connectivity index (χ0v) is 15.9. The van der Waals surface area contributed by atoms with E-state index in [0.29, 0.717) is 25.1 Å². The van der Waals surface area contributed by atoms with E-state index in [1.807, 2.05) is 19.9 Å². The number of benzene rings is 2. The Morgan fingerprint density at radius 2 is 1.69 bits per heavy atom. The average molecular weight is 372 g/mol. The second-order valence-electron chi connectivity index (χ2n) is 7.41. The van der Waals surface area contributed by atoms with Crippen LogP contribution in [0.5, 0.6) is 0 Å². The van der Waals surface area contributed by atoms with Crippen molar-refractivity contribution >= 4 is 15.8 Å². The fourth-order valence-corrected chi connectivity index (χ4v) is 5.11. The third kappa shape index (κ3) is 3.45. The largest absolute Gasteiger partial charge is 0.327 e. The molecule has 2 N–H and O–H groups in total. The number of nitrogens with zero attached hydrogens (tertiary/aromatic N) is 1. The van der Waals surface area contributed by atoms with Crippen LogP contribution < -0.4 is 5.73 Å². The van der Waals surface area contributed by atoms with Crippen LogP contribution >= 0.6 is 0 Å². The van der Waals surface area contributed by atoms with Gasteiger partial charge in [0.25, 0.3) is 0 Å². The molecule has 0 aliphatic carbocycles. The van der Waals surface area contributed by atoms with Crippen molar-refractivity contribution in [1.29, 1.82) is 0 Å². The normalized spacial score (nSPS) is 20.7. The fraction of sp³-hybridized carbons (Fsp3) is 0.350. The smallest absolute Gasteiger partial charge is 0.243 e. The van der Waals surface area contributed by atoms with Gasteiger partial charge in [0.1, 0.15) is 0 Å². The lowest BCUT2D eigenvalue weighted by Crippen LogP contribution is -2.53. The summed E-state index contributed by atoms with van der Waals surface area (Å²) < 4.78 is 28.0. The monoisotopic (exact) mass is 372 g/mol. The Balaban J connectivity index is 2.01. The minimum Gasteiger partial charge on any atom is -0.327 e. The number of ketones is 1. The van der Waals surface area contributed by atoms with Gasteiger partial charge < -0.3 is 5.73 Å². The van der Waals surface area contributed by atoms with Crippen molar-refractivity contribution in [2.24, 2.45) is 11.1 Å². The predicted molar refractivity (Wildman–Crippen MR) is 101 cm³/mol. The van der Waals surface area contributed by atoms with Crippen LogP contribution in [0, 0.1) is 5.41 Å². The summed E-state index contributed by atoms with van der Waals surface area (Å²) in [5.41, 5.74) is 6.49. The lowest BCUT2D eigenvalue weighted by molar-refractivity contribution is 0.103. The number of nitrogens with two attached hydrogens (primary N) is 1. The van der Waals surface area contributed by atoms with Crippen LogP contribution in [0.25, 0.3) is 0 Å². The van der Waals surface area contributed by atoms with Gasteiger partial charge in [-0.25, -0.2) is 8.42 Å². The minimum atomic E-state index is -3.78. The Hall–Kier alpha value is -2.02. The van der Waals surface area contributed by atoms with Gasteiger partial charge in [-0.2, -0.15) is 4.31 Å². The van der Waals surface area contributed by atoms with Gasteiger partial charge in [-0.3, -0.25) is 4.79 Å². The van der Waals surface area contributed by atoms with Gasteiger partial charge in [0.2, 0.25) is 10.0 Å². The number of carbonyl (C=O) groups is 1. The molecule has 1 fully saturated rings. The van der Waals surface area contributed by atoms with Gasteiger partial charge in [0.05, 0.1) is 4.90 Å². The molecule has 2 aromatic carbocycles. The molecule has 5 nitrogen and oxygen atoms in total. The first-order chi connectivity index (χ1) is 12.2. The molecule has 2 aromatic rings. The number of rotatable bonds is 4. The quantitative estimate of drug-likeness (QED) is 0.837. The Bertz CT molecular complexity index is 908. The van der Waals surface area contributed by atoms with E-state index in [1.165, 1.54) is 10.4 Å². The molecule has 26 heavy (non-hydrogen) atoms. The van der Waals surface area contributed by atoms with Crippen molar-refractivity contribution in [1.82, 2.24) is 4.31 Å². The highest BCUT2D eigenvalue weighted by Gasteiger charge is 2.39. The summed E-state index contributed by atoms with van der Waals surface area (Å²) in [6.07, 6.45) is 0.598. The zero-order valence-electron chi connectivity index (χ0n) is 15.1. The highest BCUT2D eigenvalue weighted by atomic mass is 32.2. The van der Waals surface area contributed by atoms with E-state index >= 15 is 0 Å². The third-order valence-electron chi connectivity index (χ3n) is 5.06. The van der Waals surface area contributed by atoms with Gasteiger partial charge >= 0.3 is 0 Å². The molecule has 1 unspecified atom stereocenters. The summed E-state index contributed by atoms with van der Waals surface area (Å²) in [6, 6.07) is 15.1. The van der Waals surface area contributed by atoms with Crippen molar-refractivity contribution < 1.29 is 13.2 Å². The van der Waals surface area contributed by atoms with E-state index in [9.17, 15) is 13.2 Å². The molecule has 138 valence electrons. The number of hydrogen-bond donors (Lipinski definition) is 1.